The molecule has 0 bridgehead atoms. The summed E-state index contributed by atoms with van der Waals surface area (Å²) in [6.45, 7) is 4.09. The highest BCUT2D eigenvalue weighted by atomic mass is 15.4. The number of nitrogens with zero attached hydrogens (tertiary/aromatic N) is 4. The molecule has 0 aliphatic carbocycles. The summed E-state index contributed by atoms with van der Waals surface area (Å²) in [4.78, 5) is 8.48. The van der Waals surface area contributed by atoms with E-state index in [1.165, 1.54) is 0 Å². The molecular weight excluding hydrogens is 238 g/mol. The van der Waals surface area contributed by atoms with Crippen LogP contribution in [-0.2, 0) is 0 Å². The van der Waals surface area contributed by atoms with Crippen LogP contribution in [0.25, 0.3) is 5.65 Å². The average molecular weight is 253 g/mol. The first-order chi connectivity index (χ1) is 9.24. The van der Waals surface area contributed by atoms with E-state index in [0.29, 0.717) is 5.95 Å². The van der Waals surface area contributed by atoms with Crippen LogP contribution in [-0.4, -0.2) is 19.6 Å². The third kappa shape index (κ3) is 2.27. The molecule has 0 spiro atoms. The zero-order chi connectivity index (χ0) is 13.2. The van der Waals surface area contributed by atoms with Gasteiger partial charge in [-0.15, -0.1) is 5.10 Å². The van der Waals surface area contributed by atoms with Gasteiger partial charge in [0.2, 0.25) is 5.95 Å². The number of aryl methyl sites for hydroxylation is 1. The first-order valence-corrected chi connectivity index (χ1v) is 6.23. The summed E-state index contributed by atoms with van der Waals surface area (Å²) < 4.78 is 1.83. The van der Waals surface area contributed by atoms with Gasteiger partial charge in [0.05, 0.1) is 6.04 Å². The van der Waals surface area contributed by atoms with Gasteiger partial charge in [0.1, 0.15) is 0 Å². The number of aromatic nitrogens is 4. The Balaban J connectivity index is 1.88. The van der Waals surface area contributed by atoms with E-state index in [0.717, 1.165) is 16.9 Å². The molecule has 1 atom stereocenters. The number of nitrogens with one attached hydrogen (secondary N) is 1. The molecule has 1 unspecified atom stereocenters. The fourth-order valence-electron chi connectivity index (χ4n) is 2.03. The minimum atomic E-state index is 0.140. The van der Waals surface area contributed by atoms with E-state index >= 15 is 0 Å². The quantitative estimate of drug-likeness (QED) is 0.779. The number of rotatable bonds is 3. The van der Waals surface area contributed by atoms with Gasteiger partial charge in [-0.3, -0.25) is 4.98 Å². The van der Waals surface area contributed by atoms with Gasteiger partial charge < -0.3 is 5.32 Å². The number of anilines is 1. The lowest BCUT2D eigenvalue weighted by Crippen LogP contribution is -2.08. The smallest absolute Gasteiger partial charge is 0.243 e. The molecule has 5 heteroatoms. The van der Waals surface area contributed by atoms with Gasteiger partial charge in [-0.05, 0) is 43.7 Å². The van der Waals surface area contributed by atoms with Crippen LogP contribution in [0.4, 0.5) is 5.95 Å². The number of pyridine rings is 2. The van der Waals surface area contributed by atoms with E-state index in [1.54, 1.807) is 12.4 Å². The van der Waals surface area contributed by atoms with Crippen molar-refractivity contribution in [3.05, 3.63) is 54.0 Å². The van der Waals surface area contributed by atoms with Gasteiger partial charge in [-0.2, -0.15) is 4.98 Å². The van der Waals surface area contributed by atoms with E-state index < -0.39 is 0 Å². The third-order valence-electron chi connectivity index (χ3n) is 3.10. The summed E-state index contributed by atoms with van der Waals surface area (Å²) in [6, 6.07) is 10.0. The van der Waals surface area contributed by atoms with Crippen molar-refractivity contribution < 1.29 is 0 Å². The van der Waals surface area contributed by atoms with Crippen LogP contribution in [0.1, 0.15) is 24.2 Å². The van der Waals surface area contributed by atoms with Crippen molar-refractivity contribution in [3.63, 3.8) is 0 Å². The van der Waals surface area contributed by atoms with Gasteiger partial charge >= 0.3 is 0 Å². The summed E-state index contributed by atoms with van der Waals surface area (Å²) in [5.74, 6) is 0.638. The predicted molar refractivity (Wildman–Crippen MR) is 74.0 cm³/mol. The zero-order valence-corrected chi connectivity index (χ0v) is 10.9. The first kappa shape index (κ1) is 11.6. The molecule has 3 aromatic rings. The Hall–Kier alpha value is -2.43. The lowest BCUT2D eigenvalue weighted by molar-refractivity contribution is 0.843. The van der Waals surface area contributed by atoms with Crippen LogP contribution < -0.4 is 5.32 Å². The number of hydrogen-bond donors (Lipinski definition) is 1. The van der Waals surface area contributed by atoms with Crippen LogP contribution in [0.2, 0.25) is 0 Å². The molecule has 0 saturated carbocycles. The highest BCUT2D eigenvalue weighted by Gasteiger charge is 2.09. The highest BCUT2D eigenvalue weighted by Crippen LogP contribution is 2.16. The predicted octanol–water partition coefficient (Wildman–Crippen LogP) is 2.61. The van der Waals surface area contributed by atoms with Crippen LogP contribution in [0.5, 0.6) is 0 Å². The Morgan fingerprint density at radius 3 is 2.68 bits per heavy atom. The Bertz CT molecular complexity index is 689. The average Bonchev–Trinajstić information content (AvgIpc) is 2.84. The van der Waals surface area contributed by atoms with Crippen LogP contribution in [0, 0.1) is 6.92 Å². The maximum absolute atomic E-state index is 4.46. The summed E-state index contributed by atoms with van der Waals surface area (Å²) >= 11 is 0. The van der Waals surface area contributed by atoms with Crippen molar-refractivity contribution in [3.8, 4) is 0 Å². The van der Waals surface area contributed by atoms with E-state index in [1.807, 2.05) is 41.8 Å². The molecule has 0 amide bonds. The summed E-state index contributed by atoms with van der Waals surface area (Å²) in [7, 11) is 0. The second-order valence-electron chi connectivity index (χ2n) is 4.52. The summed E-state index contributed by atoms with van der Waals surface area (Å²) in [5, 5.41) is 7.76. The molecule has 1 N–H and O–H groups in total. The van der Waals surface area contributed by atoms with Crippen LogP contribution in [0.3, 0.4) is 0 Å². The third-order valence-corrected chi connectivity index (χ3v) is 3.10. The summed E-state index contributed by atoms with van der Waals surface area (Å²) in [5.41, 5.74) is 3.07. The molecule has 3 aromatic heterocycles. The van der Waals surface area contributed by atoms with E-state index in [9.17, 15) is 0 Å². The van der Waals surface area contributed by atoms with Gasteiger partial charge in [0.15, 0.2) is 5.65 Å². The number of hydrogen-bond acceptors (Lipinski definition) is 4. The molecule has 0 aromatic carbocycles. The van der Waals surface area contributed by atoms with Crippen molar-refractivity contribution in [2.24, 2.45) is 0 Å². The first-order valence-electron chi connectivity index (χ1n) is 6.23. The van der Waals surface area contributed by atoms with E-state index in [2.05, 4.69) is 27.3 Å². The molecule has 0 saturated heterocycles. The highest BCUT2D eigenvalue weighted by molar-refractivity contribution is 5.45. The fourth-order valence-corrected chi connectivity index (χ4v) is 2.03. The van der Waals surface area contributed by atoms with Crippen molar-refractivity contribution in [2.75, 3.05) is 5.32 Å². The van der Waals surface area contributed by atoms with Crippen LogP contribution in [0.15, 0.2) is 42.7 Å². The topological polar surface area (TPSA) is 55.1 Å². The Kier molecular flexibility index (Phi) is 2.87. The molecule has 5 nitrogen and oxygen atoms in total. The van der Waals surface area contributed by atoms with Gasteiger partial charge in [0, 0.05) is 18.1 Å². The Labute approximate surface area is 111 Å². The lowest BCUT2D eigenvalue weighted by Gasteiger charge is -2.11. The SMILES string of the molecule is Cc1cccc2nc(NC(C)c3ccncc3)nn12. The van der Waals surface area contributed by atoms with Gasteiger partial charge in [-0.1, -0.05) is 6.07 Å². The largest absolute Gasteiger partial charge is 0.346 e. The Morgan fingerprint density at radius 2 is 1.95 bits per heavy atom. The normalized spacial score (nSPS) is 12.5. The standard InChI is InChI=1S/C14H15N5/c1-10-4-3-5-13-17-14(18-19(10)13)16-11(2)12-6-8-15-9-7-12/h3-9,11H,1-2H3,(H,16,18). The molecule has 0 aliphatic rings. The van der Waals surface area contributed by atoms with Crippen molar-refractivity contribution in [1.82, 2.24) is 19.6 Å². The van der Waals surface area contributed by atoms with Crippen molar-refractivity contribution in [2.45, 2.75) is 19.9 Å². The Morgan fingerprint density at radius 1 is 1.16 bits per heavy atom. The molecule has 3 heterocycles. The second-order valence-corrected chi connectivity index (χ2v) is 4.52. The zero-order valence-electron chi connectivity index (χ0n) is 10.9. The minimum Gasteiger partial charge on any atom is -0.346 e. The van der Waals surface area contributed by atoms with E-state index in [-0.39, 0.29) is 6.04 Å². The molecule has 0 fully saturated rings. The molecule has 96 valence electrons. The molecule has 0 radical (unpaired) electrons. The van der Waals surface area contributed by atoms with Crippen molar-refractivity contribution >= 4 is 11.6 Å². The monoisotopic (exact) mass is 253 g/mol. The van der Waals surface area contributed by atoms with E-state index in [4.69, 9.17) is 0 Å². The molecule has 3 rings (SSSR count). The molecule has 19 heavy (non-hydrogen) atoms. The van der Waals surface area contributed by atoms with Gasteiger partial charge in [0.25, 0.3) is 0 Å². The lowest BCUT2D eigenvalue weighted by atomic mass is 10.1. The summed E-state index contributed by atoms with van der Waals surface area (Å²) in [6.07, 6.45) is 3.57. The minimum absolute atomic E-state index is 0.140. The number of fused-ring (bicyclic) bond motifs is 1. The van der Waals surface area contributed by atoms with Crippen LogP contribution >= 0.6 is 0 Å². The van der Waals surface area contributed by atoms with Crippen molar-refractivity contribution in [1.29, 1.82) is 0 Å². The second kappa shape index (κ2) is 4.68. The molecular formula is C14H15N5. The fraction of sp³-hybridized carbons (Fsp3) is 0.214. The maximum Gasteiger partial charge on any atom is 0.243 e. The van der Waals surface area contributed by atoms with Gasteiger partial charge in [-0.25, -0.2) is 4.52 Å². The molecule has 0 aliphatic heterocycles. The maximum atomic E-state index is 4.46.